The van der Waals surface area contributed by atoms with Gasteiger partial charge in [-0.2, -0.15) is 4.98 Å². The maximum Gasteiger partial charge on any atom is 0.321 e. The van der Waals surface area contributed by atoms with E-state index in [2.05, 4.69) is 61.4 Å². The molecular formula is C15H21N3O. The van der Waals surface area contributed by atoms with Gasteiger partial charge in [0.15, 0.2) is 5.82 Å². The number of anilines is 1. The smallest absolute Gasteiger partial charge is 0.321 e. The number of aromatic nitrogens is 2. The van der Waals surface area contributed by atoms with Crippen molar-refractivity contribution < 1.29 is 4.52 Å². The van der Waals surface area contributed by atoms with E-state index in [-0.39, 0.29) is 0 Å². The van der Waals surface area contributed by atoms with Crippen LogP contribution in [0.2, 0.25) is 0 Å². The van der Waals surface area contributed by atoms with Crippen LogP contribution < -0.4 is 5.32 Å². The van der Waals surface area contributed by atoms with Crippen LogP contribution in [0.3, 0.4) is 0 Å². The Morgan fingerprint density at radius 2 is 1.84 bits per heavy atom. The molecule has 1 N–H and O–H groups in total. The fraction of sp³-hybridized carbons (Fsp3) is 0.467. The van der Waals surface area contributed by atoms with Crippen LogP contribution in [-0.4, -0.2) is 16.7 Å². The Morgan fingerprint density at radius 1 is 1.16 bits per heavy atom. The van der Waals surface area contributed by atoms with Gasteiger partial charge < -0.3 is 9.84 Å². The summed E-state index contributed by atoms with van der Waals surface area (Å²) in [7, 11) is 0. The van der Waals surface area contributed by atoms with E-state index >= 15 is 0 Å². The van der Waals surface area contributed by atoms with Crippen LogP contribution in [0.1, 0.15) is 36.4 Å². The van der Waals surface area contributed by atoms with Crippen LogP contribution in [-0.2, 0) is 6.42 Å². The molecule has 0 aliphatic heterocycles. The van der Waals surface area contributed by atoms with Crippen molar-refractivity contribution in [2.75, 3.05) is 11.9 Å². The van der Waals surface area contributed by atoms with Crippen molar-refractivity contribution in [1.29, 1.82) is 0 Å². The number of nitrogens with zero attached hydrogens (tertiary/aromatic N) is 2. The zero-order valence-electron chi connectivity index (χ0n) is 12.0. The number of hydrogen-bond acceptors (Lipinski definition) is 4. The van der Waals surface area contributed by atoms with Gasteiger partial charge in [0.05, 0.1) is 0 Å². The Kier molecular flexibility index (Phi) is 4.20. The molecule has 19 heavy (non-hydrogen) atoms. The van der Waals surface area contributed by atoms with Gasteiger partial charge in [-0.1, -0.05) is 48.3 Å². The molecule has 2 rings (SSSR count). The highest BCUT2D eigenvalue weighted by molar-refractivity contribution is 5.30. The minimum Gasteiger partial charge on any atom is -0.338 e. The standard InChI is InChI=1S/C15H21N3O/c1-10(2)9-16-15-17-14(18-19-15)8-13-6-11(3)5-12(4)7-13/h5-7,10H,8-9H2,1-4H3,(H,16,17,18). The molecule has 0 saturated heterocycles. The zero-order chi connectivity index (χ0) is 13.8. The van der Waals surface area contributed by atoms with Gasteiger partial charge in [0.2, 0.25) is 0 Å². The molecule has 0 aliphatic carbocycles. The maximum absolute atomic E-state index is 5.18. The molecule has 4 nitrogen and oxygen atoms in total. The third-order valence-corrected chi connectivity index (χ3v) is 2.77. The van der Waals surface area contributed by atoms with Gasteiger partial charge in [-0.05, 0) is 25.3 Å². The minimum atomic E-state index is 0.507. The van der Waals surface area contributed by atoms with Gasteiger partial charge in [-0.25, -0.2) is 0 Å². The second-order valence-corrected chi connectivity index (χ2v) is 5.46. The number of aryl methyl sites for hydroxylation is 2. The van der Waals surface area contributed by atoms with Crippen LogP contribution in [0.25, 0.3) is 0 Å². The van der Waals surface area contributed by atoms with Gasteiger partial charge in [-0.3, -0.25) is 0 Å². The van der Waals surface area contributed by atoms with Crippen LogP contribution >= 0.6 is 0 Å². The molecule has 0 radical (unpaired) electrons. The lowest BCUT2D eigenvalue weighted by Crippen LogP contribution is -2.08. The monoisotopic (exact) mass is 259 g/mol. The molecule has 0 unspecified atom stereocenters. The molecule has 4 heteroatoms. The highest BCUT2D eigenvalue weighted by atomic mass is 16.5. The first-order valence-electron chi connectivity index (χ1n) is 6.66. The average molecular weight is 259 g/mol. The first-order valence-corrected chi connectivity index (χ1v) is 6.66. The van der Waals surface area contributed by atoms with Crippen molar-refractivity contribution in [1.82, 2.24) is 10.1 Å². The van der Waals surface area contributed by atoms with Crippen LogP contribution in [0.4, 0.5) is 6.01 Å². The maximum atomic E-state index is 5.18. The summed E-state index contributed by atoms with van der Waals surface area (Å²) in [6.45, 7) is 9.31. The summed E-state index contributed by atoms with van der Waals surface area (Å²) in [4.78, 5) is 4.35. The third-order valence-electron chi connectivity index (χ3n) is 2.77. The quantitative estimate of drug-likeness (QED) is 0.894. The van der Waals surface area contributed by atoms with E-state index in [4.69, 9.17) is 4.52 Å². The van der Waals surface area contributed by atoms with E-state index in [1.54, 1.807) is 0 Å². The molecule has 102 valence electrons. The van der Waals surface area contributed by atoms with E-state index in [9.17, 15) is 0 Å². The highest BCUT2D eigenvalue weighted by Gasteiger charge is 2.07. The molecule has 0 amide bonds. The van der Waals surface area contributed by atoms with Crippen molar-refractivity contribution in [3.05, 3.63) is 40.7 Å². The predicted molar refractivity (Wildman–Crippen MR) is 76.3 cm³/mol. The minimum absolute atomic E-state index is 0.507. The van der Waals surface area contributed by atoms with Gasteiger partial charge in [0.25, 0.3) is 0 Å². The summed E-state index contributed by atoms with van der Waals surface area (Å²) in [5.74, 6) is 1.27. The van der Waals surface area contributed by atoms with Crippen molar-refractivity contribution in [2.24, 2.45) is 5.92 Å². The summed E-state index contributed by atoms with van der Waals surface area (Å²) < 4.78 is 5.18. The molecule has 1 heterocycles. The fourth-order valence-electron chi connectivity index (χ4n) is 2.04. The molecule has 0 atom stereocenters. The highest BCUT2D eigenvalue weighted by Crippen LogP contribution is 2.13. The molecule has 1 aromatic carbocycles. The van der Waals surface area contributed by atoms with Crippen molar-refractivity contribution in [3.63, 3.8) is 0 Å². The van der Waals surface area contributed by atoms with Gasteiger partial charge >= 0.3 is 6.01 Å². The Labute approximate surface area is 114 Å². The number of nitrogens with one attached hydrogen (secondary N) is 1. The molecule has 0 aliphatic rings. The van der Waals surface area contributed by atoms with Crippen LogP contribution in [0.5, 0.6) is 0 Å². The number of rotatable bonds is 5. The Bertz CT molecular complexity index is 526. The number of benzene rings is 1. The average Bonchev–Trinajstić information content (AvgIpc) is 2.72. The van der Waals surface area contributed by atoms with Gasteiger partial charge in [-0.15, -0.1) is 0 Å². The second-order valence-electron chi connectivity index (χ2n) is 5.46. The predicted octanol–water partition coefficient (Wildman–Crippen LogP) is 3.35. The van der Waals surface area contributed by atoms with Crippen LogP contribution in [0, 0.1) is 19.8 Å². The first-order chi connectivity index (χ1) is 9.02. The summed E-state index contributed by atoms with van der Waals surface area (Å²) >= 11 is 0. The van der Waals surface area contributed by atoms with E-state index in [0.717, 1.165) is 12.4 Å². The summed E-state index contributed by atoms with van der Waals surface area (Å²) in [5, 5.41) is 7.13. The SMILES string of the molecule is Cc1cc(C)cc(Cc2noc(NCC(C)C)n2)c1. The lowest BCUT2D eigenvalue weighted by Gasteiger charge is -2.03. The van der Waals surface area contributed by atoms with Crippen molar-refractivity contribution in [3.8, 4) is 0 Å². The fourth-order valence-corrected chi connectivity index (χ4v) is 2.04. The molecule has 0 spiro atoms. The molecule has 1 aromatic heterocycles. The summed E-state index contributed by atoms with van der Waals surface area (Å²) in [5.41, 5.74) is 3.74. The Hall–Kier alpha value is -1.84. The third kappa shape index (κ3) is 4.09. The van der Waals surface area contributed by atoms with Crippen molar-refractivity contribution in [2.45, 2.75) is 34.1 Å². The largest absolute Gasteiger partial charge is 0.338 e. The molecule has 0 bridgehead atoms. The van der Waals surface area contributed by atoms with Crippen molar-refractivity contribution >= 4 is 6.01 Å². The lowest BCUT2D eigenvalue weighted by atomic mass is 10.1. The van der Waals surface area contributed by atoms with E-state index in [1.807, 2.05) is 0 Å². The number of hydrogen-bond donors (Lipinski definition) is 1. The van der Waals surface area contributed by atoms with E-state index in [0.29, 0.717) is 18.4 Å². The summed E-state index contributed by atoms with van der Waals surface area (Å²) in [6.07, 6.45) is 0.704. The molecule has 2 aromatic rings. The van der Waals surface area contributed by atoms with E-state index < -0.39 is 0 Å². The normalized spacial score (nSPS) is 11.0. The lowest BCUT2D eigenvalue weighted by molar-refractivity contribution is 0.421. The Morgan fingerprint density at radius 3 is 2.47 bits per heavy atom. The molecule has 0 saturated carbocycles. The first kappa shape index (κ1) is 13.6. The molecule has 0 fully saturated rings. The summed E-state index contributed by atoms with van der Waals surface area (Å²) in [6, 6.07) is 6.98. The van der Waals surface area contributed by atoms with Gasteiger partial charge in [0, 0.05) is 13.0 Å². The zero-order valence-corrected chi connectivity index (χ0v) is 12.0. The Balaban J connectivity index is 2.03. The second kappa shape index (κ2) is 5.87. The topological polar surface area (TPSA) is 51.0 Å². The van der Waals surface area contributed by atoms with Crippen LogP contribution in [0.15, 0.2) is 22.7 Å². The molecular weight excluding hydrogens is 238 g/mol. The van der Waals surface area contributed by atoms with Gasteiger partial charge in [0.1, 0.15) is 0 Å². The van der Waals surface area contributed by atoms with E-state index in [1.165, 1.54) is 16.7 Å².